The third kappa shape index (κ3) is 1.14. The molecule has 0 radical (unpaired) electrons. The first-order chi connectivity index (χ1) is 5.38. The van der Waals surface area contributed by atoms with Crippen molar-refractivity contribution in [2.45, 2.75) is 18.9 Å². The SMILES string of the molecule is O=C1C=CC=C2CCCNC12. The Bertz CT molecular complexity index is 240. The lowest BCUT2D eigenvalue weighted by molar-refractivity contribution is -0.116. The van der Waals surface area contributed by atoms with Crippen molar-refractivity contribution in [3.63, 3.8) is 0 Å². The Morgan fingerprint density at radius 1 is 1.55 bits per heavy atom. The highest BCUT2D eigenvalue weighted by molar-refractivity contribution is 5.98. The van der Waals surface area contributed by atoms with E-state index in [0.29, 0.717) is 0 Å². The largest absolute Gasteiger partial charge is 0.304 e. The Labute approximate surface area is 66.0 Å². The highest BCUT2D eigenvalue weighted by atomic mass is 16.1. The number of ketones is 1. The fraction of sp³-hybridized carbons (Fsp3) is 0.444. The minimum atomic E-state index is 0.00810. The Morgan fingerprint density at radius 3 is 3.27 bits per heavy atom. The first-order valence-electron chi connectivity index (χ1n) is 4.02. The van der Waals surface area contributed by atoms with Crippen LogP contribution in [0.25, 0.3) is 0 Å². The fourth-order valence-electron chi connectivity index (χ4n) is 1.64. The zero-order valence-corrected chi connectivity index (χ0v) is 6.34. The van der Waals surface area contributed by atoms with Crippen LogP contribution >= 0.6 is 0 Å². The second-order valence-electron chi connectivity index (χ2n) is 2.99. The third-order valence-electron chi connectivity index (χ3n) is 2.22. The molecule has 0 bridgehead atoms. The van der Waals surface area contributed by atoms with Crippen LogP contribution in [0.4, 0.5) is 0 Å². The van der Waals surface area contributed by atoms with Crippen LogP contribution in [0.2, 0.25) is 0 Å². The standard InChI is InChI=1S/C9H11NO/c11-8-5-1-3-7-4-2-6-10-9(7)8/h1,3,5,9-10H,2,4,6H2. The molecule has 0 spiro atoms. The number of allylic oxidation sites excluding steroid dienone is 2. The molecule has 1 N–H and O–H groups in total. The van der Waals surface area contributed by atoms with Gasteiger partial charge in [0.1, 0.15) is 0 Å². The summed E-state index contributed by atoms with van der Waals surface area (Å²) in [5, 5.41) is 3.20. The van der Waals surface area contributed by atoms with Crippen LogP contribution in [-0.2, 0) is 4.79 Å². The van der Waals surface area contributed by atoms with Gasteiger partial charge >= 0.3 is 0 Å². The molecule has 1 aliphatic heterocycles. The van der Waals surface area contributed by atoms with Gasteiger partial charge in [0.15, 0.2) is 5.78 Å². The molecule has 1 atom stereocenters. The molecule has 1 saturated heterocycles. The van der Waals surface area contributed by atoms with Gasteiger partial charge in [0.2, 0.25) is 0 Å². The van der Waals surface area contributed by atoms with Crippen LogP contribution in [0.3, 0.4) is 0 Å². The summed E-state index contributed by atoms with van der Waals surface area (Å²) in [5.74, 6) is 0.210. The molecule has 0 aromatic carbocycles. The van der Waals surface area contributed by atoms with E-state index in [0.717, 1.165) is 19.4 Å². The second-order valence-corrected chi connectivity index (χ2v) is 2.99. The smallest absolute Gasteiger partial charge is 0.176 e. The van der Waals surface area contributed by atoms with E-state index in [1.165, 1.54) is 5.57 Å². The van der Waals surface area contributed by atoms with Crippen LogP contribution in [0.15, 0.2) is 23.8 Å². The number of nitrogens with one attached hydrogen (secondary N) is 1. The van der Waals surface area contributed by atoms with Gasteiger partial charge in [-0.3, -0.25) is 4.79 Å². The highest BCUT2D eigenvalue weighted by Gasteiger charge is 2.24. The molecule has 0 saturated carbocycles. The molecule has 2 heteroatoms. The maximum Gasteiger partial charge on any atom is 0.176 e. The van der Waals surface area contributed by atoms with E-state index in [1.54, 1.807) is 6.08 Å². The summed E-state index contributed by atoms with van der Waals surface area (Å²) < 4.78 is 0. The van der Waals surface area contributed by atoms with E-state index < -0.39 is 0 Å². The van der Waals surface area contributed by atoms with Crippen molar-refractivity contribution >= 4 is 5.78 Å². The van der Waals surface area contributed by atoms with Gasteiger partial charge in [-0.1, -0.05) is 12.2 Å². The molecule has 0 aromatic heterocycles. The Morgan fingerprint density at radius 2 is 2.45 bits per heavy atom. The molecule has 2 aliphatic rings. The van der Waals surface area contributed by atoms with Gasteiger partial charge in [-0.15, -0.1) is 0 Å². The zero-order chi connectivity index (χ0) is 7.68. The van der Waals surface area contributed by atoms with Crippen molar-refractivity contribution in [3.05, 3.63) is 23.8 Å². The third-order valence-corrected chi connectivity index (χ3v) is 2.22. The van der Waals surface area contributed by atoms with E-state index in [1.807, 2.05) is 6.08 Å². The lowest BCUT2D eigenvalue weighted by Gasteiger charge is -2.26. The number of hydrogen-bond donors (Lipinski definition) is 1. The summed E-state index contributed by atoms with van der Waals surface area (Å²) in [4.78, 5) is 11.2. The van der Waals surface area contributed by atoms with Crippen molar-refractivity contribution in [2.75, 3.05) is 6.54 Å². The van der Waals surface area contributed by atoms with Gasteiger partial charge < -0.3 is 5.32 Å². The number of piperidine rings is 1. The Kier molecular flexibility index (Phi) is 1.62. The van der Waals surface area contributed by atoms with E-state index in [2.05, 4.69) is 11.4 Å². The number of carbonyl (C=O) groups excluding carboxylic acids is 1. The van der Waals surface area contributed by atoms with Crippen LogP contribution in [-0.4, -0.2) is 18.4 Å². The van der Waals surface area contributed by atoms with E-state index in [4.69, 9.17) is 0 Å². The topological polar surface area (TPSA) is 29.1 Å². The average Bonchev–Trinajstić information content (AvgIpc) is 2.06. The fourth-order valence-corrected chi connectivity index (χ4v) is 1.64. The molecule has 1 unspecified atom stereocenters. The van der Waals surface area contributed by atoms with Crippen LogP contribution in [0, 0.1) is 0 Å². The van der Waals surface area contributed by atoms with Gasteiger partial charge in [-0.25, -0.2) is 0 Å². The van der Waals surface area contributed by atoms with E-state index in [9.17, 15) is 4.79 Å². The van der Waals surface area contributed by atoms with Crippen LogP contribution < -0.4 is 5.32 Å². The summed E-state index contributed by atoms with van der Waals surface area (Å²) in [7, 11) is 0. The first kappa shape index (κ1) is 6.80. The van der Waals surface area contributed by atoms with Crippen molar-refractivity contribution in [2.24, 2.45) is 0 Å². The normalized spacial score (nSPS) is 29.6. The van der Waals surface area contributed by atoms with Crippen molar-refractivity contribution < 1.29 is 4.79 Å². The molecule has 58 valence electrons. The lowest BCUT2D eigenvalue weighted by atomic mass is 9.91. The molecule has 0 aromatic rings. The van der Waals surface area contributed by atoms with E-state index in [-0.39, 0.29) is 11.8 Å². The van der Waals surface area contributed by atoms with Crippen LogP contribution in [0.5, 0.6) is 0 Å². The maximum atomic E-state index is 11.2. The summed E-state index contributed by atoms with van der Waals surface area (Å²) in [6.07, 6.45) is 7.78. The molecule has 1 aliphatic carbocycles. The van der Waals surface area contributed by atoms with Gasteiger partial charge in [0.05, 0.1) is 6.04 Å². The van der Waals surface area contributed by atoms with Gasteiger partial charge in [0.25, 0.3) is 0 Å². The lowest BCUT2D eigenvalue weighted by Crippen LogP contribution is -2.42. The van der Waals surface area contributed by atoms with Crippen LogP contribution in [0.1, 0.15) is 12.8 Å². The molecule has 2 rings (SSSR count). The minimum absolute atomic E-state index is 0.00810. The van der Waals surface area contributed by atoms with Crippen molar-refractivity contribution in [1.82, 2.24) is 5.32 Å². The molecule has 0 amide bonds. The molecule has 1 heterocycles. The van der Waals surface area contributed by atoms with Gasteiger partial charge in [0, 0.05) is 0 Å². The summed E-state index contributed by atoms with van der Waals surface area (Å²) >= 11 is 0. The van der Waals surface area contributed by atoms with Crippen molar-refractivity contribution in [1.29, 1.82) is 0 Å². The number of hydrogen-bond acceptors (Lipinski definition) is 2. The monoisotopic (exact) mass is 149 g/mol. The number of rotatable bonds is 0. The summed E-state index contributed by atoms with van der Waals surface area (Å²) in [6.45, 7) is 0.974. The Balaban J connectivity index is 2.25. The van der Waals surface area contributed by atoms with E-state index >= 15 is 0 Å². The van der Waals surface area contributed by atoms with Gasteiger partial charge in [-0.05, 0) is 31.0 Å². The maximum absolute atomic E-state index is 11.2. The predicted octanol–water partition coefficient (Wildman–Crippen LogP) is 0.804. The summed E-state index contributed by atoms with van der Waals surface area (Å²) in [5.41, 5.74) is 1.25. The number of fused-ring (bicyclic) bond motifs is 1. The molecule has 1 fully saturated rings. The zero-order valence-electron chi connectivity index (χ0n) is 6.34. The molecular weight excluding hydrogens is 138 g/mol. The molecule has 2 nitrogen and oxygen atoms in total. The summed E-state index contributed by atoms with van der Waals surface area (Å²) in [6, 6.07) is 0.00810. The van der Waals surface area contributed by atoms with Gasteiger partial charge in [-0.2, -0.15) is 0 Å². The highest BCUT2D eigenvalue weighted by Crippen LogP contribution is 2.19. The molecule has 11 heavy (non-hydrogen) atoms. The minimum Gasteiger partial charge on any atom is -0.304 e. The quantitative estimate of drug-likeness (QED) is 0.552. The second kappa shape index (κ2) is 2.62. The number of carbonyl (C=O) groups is 1. The van der Waals surface area contributed by atoms with Crippen molar-refractivity contribution in [3.8, 4) is 0 Å². The Hall–Kier alpha value is -0.890. The average molecular weight is 149 g/mol. The first-order valence-corrected chi connectivity index (χ1v) is 4.02. The predicted molar refractivity (Wildman–Crippen MR) is 43.3 cm³/mol. The molecular formula is C9H11NO.